The van der Waals surface area contributed by atoms with Crippen LogP contribution in [0.1, 0.15) is 0 Å². The van der Waals surface area contributed by atoms with Crippen LogP contribution in [0.15, 0.2) is 11.9 Å². The van der Waals surface area contributed by atoms with Crippen molar-refractivity contribution in [3.8, 4) is 0 Å². The van der Waals surface area contributed by atoms with E-state index in [0.29, 0.717) is 0 Å². The van der Waals surface area contributed by atoms with Crippen LogP contribution in [-0.2, 0) is 0 Å². The summed E-state index contributed by atoms with van der Waals surface area (Å²) in [5.41, 5.74) is 0. The molecule has 0 aromatic heterocycles. The van der Waals surface area contributed by atoms with Gasteiger partial charge in [0.2, 0.25) is 6.17 Å². The van der Waals surface area contributed by atoms with Crippen molar-refractivity contribution >= 4 is 0 Å². The number of hydrogen-bond donors (Lipinski definition) is 0. The van der Waals surface area contributed by atoms with Crippen LogP contribution in [0.5, 0.6) is 0 Å². The molecule has 0 amide bonds. The van der Waals surface area contributed by atoms with E-state index >= 15 is 0 Å². The second-order valence-corrected chi connectivity index (χ2v) is 2.15. The van der Waals surface area contributed by atoms with Crippen molar-refractivity contribution in [2.75, 3.05) is 0 Å². The van der Waals surface area contributed by atoms with Gasteiger partial charge < -0.3 is 0 Å². The van der Waals surface area contributed by atoms with E-state index < -0.39 is 29.9 Å². The summed E-state index contributed by atoms with van der Waals surface area (Å²) in [6.45, 7) is 0. The predicted molar refractivity (Wildman–Crippen MR) is 24.0 cm³/mol. The maximum atomic E-state index is 11.9. The minimum Gasteiger partial charge on any atom is -0.233 e. The van der Waals surface area contributed by atoms with Crippen LogP contribution in [0, 0.1) is 0 Å². The van der Waals surface area contributed by atoms with Gasteiger partial charge in [0.1, 0.15) is 0 Å². The van der Waals surface area contributed by atoms with Gasteiger partial charge in [-0.15, -0.1) is 0 Å². The Morgan fingerprint density at radius 3 is 1.73 bits per heavy atom. The monoisotopic (exact) mass is 176 g/mol. The zero-order valence-corrected chi connectivity index (χ0v) is 4.92. The molecule has 0 aromatic carbocycles. The van der Waals surface area contributed by atoms with Crippen molar-refractivity contribution in [2.45, 2.75) is 18.0 Å². The minimum atomic E-state index is -4.68. The molecule has 0 spiro atoms. The fourth-order valence-electron chi connectivity index (χ4n) is 0.701. The van der Waals surface area contributed by atoms with E-state index in [4.69, 9.17) is 0 Å². The Balaban J connectivity index is 3.04. The van der Waals surface area contributed by atoms with Crippen LogP contribution in [0.25, 0.3) is 0 Å². The Kier molecular flexibility index (Phi) is 1.47. The highest BCUT2D eigenvalue weighted by Crippen LogP contribution is 2.46. The molecule has 0 heterocycles. The lowest BCUT2D eigenvalue weighted by atomic mass is 10.2. The lowest BCUT2D eigenvalue weighted by Gasteiger charge is -2.15. The quantitative estimate of drug-likeness (QED) is 0.497. The predicted octanol–water partition coefficient (Wildman–Crippen LogP) is 2.46. The van der Waals surface area contributed by atoms with Gasteiger partial charge >= 0.3 is 11.8 Å². The van der Waals surface area contributed by atoms with Crippen molar-refractivity contribution in [2.24, 2.45) is 0 Å². The highest BCUT2D eigenvalue weighted by molar-refractivity contribution is 5.24. The van der Waals surface area contributed by atoms with Gasteiger partial charge in [0.05, 0.1) is 0 Å². The number of allylic oxidation sites excluding steroid dienone is 2. The molecular formula is C5H2F6. The molecule has 1 aliphatic carbocycles. The largest absolute Gasteiger partial charge is 0.335 e. The lowest BCUT2D eigenvalue weighted by Crippen LogP contribution is -2.36. The smallest absolute Gasteiger partial charge is 0.233 e. The highest BCUT2D eigenvalue weighted by Gasteiger charge is 2.63. The zero-order chi connectivity index (χ0) is 8.86. The van der Waals surface area contributed by atoms with E-state index in [1.165, 1.54) is 0 Å². The average Bonchev–Trinajstić information content (AvgIpc) is 1.94. The minimum absolute atomic E-state index is 0.697. The Labute approximate surface area is 57.5 Å². The van der Waals surface area contributed by atoms with Crippen LogP contribution < -0.4 is 0 Å². The molecule has 0 bridgehead atoms. The molecule has 1 aliphatic rings. The van der Waals surface area contributed by atoms with Gasteiger partial charge in [-0.3, -0.25) is 0 Å². The molecule has 0 nitrogen and oxygen atoms in total. The molecule has 1 rings (SSSR count). The number of rotatable bonds is 0. The lowest BCUT2D eigenvalue weighted by molar-refractivity contribution is -0.125. The molecule has 0 aliphatic heterocycles. The van der Waals surface area contributed by atoms with E-state index in [0.717, 1.165) is 0 Å². The van der Waals surface area contributed by atoms with Crippen molar-refractivity contribution < 1.29 is 26.3 Å². The van der Waals surface area contributed by atoms with Crippen LogP contribution in [-0.4, -0.2) is 18.0 Å². The summed E-state index contributed by atoms with van der Waals surface area (Å²) in [7, 11) is 0. The number of halogens is 6. The number of alkyl halides is 5. The van der Waals surface area contributed by atoms with Gasteiger partial charge in [-0.05, 0) is 0 Å². The highest BCUT2D eigenvalue weighted by atomic mass is 19.3. The Bertz CT molecular complexity index is 205. The summed E-state index contributed by atoms with van der Waals surface area (Å²) in [4.78, 5) is 0. The molecule has 6 heteroatoms. The maximum absolute atomic E-state index is 11.9. The molecule has 0 radical (unpaired) electrons. The first-order valence-corrected chi connectivity index (χ1v) is 2.57. The Hall–Kier alpha value is -0.680. The molecule has 0 aromatic rings. The van der Waals surface area contributed by atoms with Gasteiger partial charge in [-0.25, -0.2) is 8.78 Å². The summed E-state index contributed by atoms with van der Waals surface area (Å²) in [5, 5.41) is 0. The summed E-state index contributed by atoms with van der Waals surface area (Å²) in [6.07, 6.45) is -4.48. The first kappa shape index (κ1) is 8.42. The SMILES string of the molecule is FC1=CC(F)(F)[C@@H](F)C1(F)F. The van der Waals surface area contributed by atoms with Crippen molar-refractivity contribution in [1.29, 1.82) is 0 Å². The van der Waals surface area contributed by atoms with Gasteiger partial charge in [0.15, 0.2) is 5.83 Å². The fourth-order valence-corrected chi connectivity index (χ4v) is 0.701. The standard InChI is InChI=1S/C5H2F6/c6-2-1-4(8,9)3(7)5(2,10)11/h1,3H/t3-/m1/s1. The molecule has 0 saturated carbocycles. The van der Waals surface area contributed by atoms with Crippen LogP contribution in [0.3, 0.4) is 0 Å². The molecule has 0 fully saturated rings. The zero-order valence-electron chi connectivity index (χ0n) is 4.92. The van der Waals surface area contributed by atoms with Gasteiger partial charge in [-0.2, -0.15) is 17.6 Å². The first-order chi connectivity index (χ1) is 4.78. The van der Waals surface area contributed by atoms with E-state index in [-0.39, 0.29) is 0 Å². The Morgan fingerprint density at radius 2 is 1.64 bits per heavy atom. The summed E-state index contributed by atoms with van der Waals surface area (Å²) >= 11 is 0. The van der Waals surface area contributed by atoms with Crippen LogP contribution >= 0.6 is 0 Å². The summed E-state index contributed by atoms with van der Waals surface area (Å²) in [5.74, 6) is -11.5. The second kappa shape index (κ2) is 1.92. The normalized spacial score (nSPS) is 33.6. The third-order valence-corrected chi connectivity index (χ3v) is 1.29. The fraction of sp³-hybridized carbons (Fsp3) is 0.600. The van der Waals surface area contributed by atoms with E-state index in [1.54, 1.807) is 0 Å². The molecule has 11 heavy (non-hydrogen) atoms. The third-order valence-electron chi connectivity index (χ3n) is 1.29. The second-order valence-electron chi connectivity index (χ2n) is 2.15. The summed E-state index contributed by atoms with van der Waals surface area (Å²) in [6, 6.07) is 0. The molecule has 64 valence electrons. The van der Waals surface area contributed by atoms with Gasteiger partial charge in [-0.1, -0.05) is 0 Å². The molecule has 0 N–H and O–H groups in total. The Morgan fingerprint density at radius 1 is 1.18 bits per heavy atom. The summed E-state index contributed by atoms with van der Waals surface area (Å²) < 4.78 is 71.5. The topological polar surface area (TPSA) is 0 Å². The molecule has 0 saturated heterocycles. The van der Waals surface area contributed by atoms with E-state index in [2.05, 4.69) is 0 Å². The van der Waals surface area contributed by atoms with Crippen molar-refractivity contribution in [1.82, 2.24) is 0 Å². The molecular weight excluding hydrogens is 174 g/mol. The van der Waals surface area contributed by atoms with E-state index in [9.17, 15) is 26.3 Å². The maximum Gasteiger partial charge on any atom is 0.335 e. The van der Waals surface area contributed by atoms with Gasteiger partial charge in [0.25, 0.3) is 0 Å². The molecule has 0 unspecified atom stereocenters. The third kappa shape index (κ3) is 1.00. The van der Waals surface area contributed by atoms with Crippen LogP contribution in [0.4, 0.5) is 26.3 Å². The van der Waals surface area contributed by atoms with E-state index in [1.807, 2.05) is 0 Å². The van der Waals surface area contributed by atoms with Crippen molar-refractivity contribution in [3.63, 3.8) is 0 Å². The first-order valence-electron chi connectivity index (χ1n) is 2.57. The average molecular weight is 176 g/mol. The van der Waals surface area contributed by atoms with Crippen molar-refractivity contribution in [3.05, 3.63) is 11.9 Å². The molecule has 1 atom stereocenters. The van der Waals surface area contributed by atoms with Gasteiger partial charge in [0, 0.05) is 6.08 Å². The van der Waals surface area contributed by atoms with Crippen LogP contribution in [0.2, 0.25) is 0 Å². The number of hydrogen-bond acceptors (Lipinski definition) is 0.